The molecule has 0 saturated carbocycles. The molecular formula is C13H21N3O2S. The Hall–Kier alpha value is -0.980. The van der Waals surface area contributed by atoms with Crippen molar-refractivity contribution in [2.75, 3.05) is 19.7 Å². The molecule has 1 amide bonds. The molecule has 2 N–H and O–H groups in total. The summed E-state index contributed by atoms with van der Waals surface area (Å²) in [6.07, 6.45) is 1.26. The molecular weight excluding hydrogens is 262 g/mol. The molecule has 2 atom stereocenters. The average Bonchev–Trinajstić information content (AvgIpc) is 2.98. The highest BCUT2D eigenvalue weighted by Gasteiger charge is 2.24. The predicted octanol–water partition coefficient (Wildman–Crippen LogP) is 1.34. The standard InChI is InChI=1S/C13H21N3O2S/c1-3-18-9(2)13-15-11(8-19-13)6-12(17)16-5-4-10(14)7-16/h8-10H,3-7,14H2,1-2H3/t9-,10-/m0/s1. The third kappa shape index (κ3) is 3.75. The van der Waals surface area contributed by atoms with Gasteiger partial charge in [0.15, 0.2) is 0 Å². The lowest BCUT2D eigenvalue weighted by Crippen LogP contribution is -2.33. The Morgan fingerprint density at radius 3 is 3.16 bits per heavy atom. The van der Waals surface area contributed by atoms with Crippen molar-refractivity contribution in [1.29, 1.82) is 0 Å². The summed E-state index contributed by atoms with van der Waals surface area (Å²) in [6, 6.07) is 0.132. The number of carbonyl (C=O) groups excluding carboxylic acids is 1. The number of carbonyl (C=O) groups is 1. The molecule has 2 rings (SSSR count). The fourth-order valence-electron chi connectivity index (χ4n) is 2.19. The van der Waals surface area contributed by atoms with E-state index in [1.165, 1.54) is 0 Å². The van der Waals surface area contributed by atoms with Crippen LogP contribution in [-0.2, 0) is 16.0 Å². The van der Waals surface area contributed by atoms with E-state index in [2.05, 4.69) is 4.98 Å². The Morgan fingerprint density at radius 1 is 1.74 bits per heavy atom. The van der Waals surface area contributed by atoms with Crippen molar-refractivity contribution in [2.24, 2.45) is 5.73 Å². The van der Waals surface area contributed by atoms with Gasteiger partial charge >= 0.3 is 0 Å². The largest absolute Gasteiger partial charge is 0.372 e. The number of hydrogen-bond acceptors (Lipinski definition) is 5. The summed E-state index contributed by atoms with van der Waals surface area (Å²) in [4.78, 5) is 18.4. The average molecular weight is 283 g/mol. The minimum absolute atomic E-state index is 0.000869. The maximum Gasteiger partial charge on any atom is 0.228 e. The van der Waals surface area contributed by atoms with E-state index < -0.39 is 0 Å². The van der Waals surface area contributed by atoms with Gasteiger partial charge in [-0.1, -0.05) is 0 Å². The number of likely N-dealkylation sites (tertiary alicyclic amines) is 1. The van der Waals surface area contributed by atoms with Gasteiger partial charge in [0.25, 0.3) is 0 Å². The Labute approximate surface area is 117 Å². The van der Waals surface area contributed by atoms with E-state index in [0.717, 1.165) is 23.7 Å². The second-order valence-electron chi connectivity index (χ2n) is 4.84. The highest BCUT2D eigenvalue weighted by Crippen LogP contribution is 2.21. The molecule has 1 aliphatic heterocycles. The maximum atomic E-state index is 12.1. The number of nitrogens with zero attached hydrogens (tertiary/aromatic N) is 2. The van der Waals surface area contributed by atoms with Crippen LogP contribution in [0.5, 0.6) is 0 Å². The molecule has 1 saturated heterocycles. The van der Waals surface area contributed by atoms with Gasteiger partial charge < -0.3 is 15.4 Å². The predicted molar refractivity (Wildman–Crippen MR) is 75.0 cm³/mol. The number of rotatable bonds is 5. The van der Waals surface area contributed by atoms with Gasteiger partial charge in [-0.05, 0) is 20.3 Å². The minimum Gasteiger partial charge on any atom is -0.372 e. The van der Waals surface area contributed by atoms with Gasteiger partial charge in [0.1, 0.15) is 11.1 Å². The maximum absolute atomic E-state index is 12.1. The highest BCUT2D eigenvalue weighted by molar-refractivity contribution is 7.09. The number of amides is 1. The summed E-state index contributed by atoms with van der Waals surface area (Å²) >= 11 is 1.55. The highest BCUT2D eigenvalue weighted by atomic mass is 32.1. The van der Waals surface area contributed by atoms with Crippen molar-refractivity contribution >= 4 is 17.2 Å². The Kier molecular flexibility index (Phi) is 4.90. The van der Waals surface area contributed by atoms with Gasteiger partial charge in [-0.3, -0.25) is 4.79 Å². The molecule has 1 aliphatic rings. The third-order valence-electron chi connectivity index (χ3n) is 3.24. The van der Waals surface area contributed by atoms with Crippen molar-refractivity contribution in [2.45, 2.75) is 38.8 Å². The zero-order valence-corrected chi connectivity index (χ0v) is 12.3. The fraction of sp³-hybridized carbons (Fsp3) is 0.692. The smallest absolute Gasteiger partial charge is 0.228 e. The number of ether oxygens (including phenoxy) is 1. The lowest BCUT2D eigenvalue weighted by molar-refractivity contribution is -0.129. The normalized spacial score (nSPS) is 20.8. The zero-order chi connectivity index (χ0) is 13.8. The summed E-state index contributed by atoms with van der Waals surface area (Å²) in [5.74, 6) is 0.119. The topological polar surface area (TPSA) is 68.5 Å². The van der Waals surface area contributed by atoms with E-state index in [1.807, 2.05) is 24.1 Å². The van der Waals surface area contributed by atoms with Crippen molar-refractivity contribution in [1.82, 2.24) is 9.88 Å². The van der Waals surface area contributed by atoms with Gasteiger partial charge in [-0.2, -0.15) is 0 Å². The fourth-order valence-corrected chi connectivity index (χ4v) is 3.01. The van der Waals surface area contributed by atoms with Gasteiger partial charge in [-0.15, -0.1) is 11.3 Å². The number of hydrogen-bond donors (Lipinski definition) is 1. The Balaban J connectivity index is 1.91. The molecule has 0 unspecified atom stereocenters. The van der Waals surface area contributed by atoms with Crippen LogP contribution < -0.4 is 5.73 Å². The molecule has 1 aromatic heterocycles. The van der Waals surface area contributed by atoms with Crippen molar-refractivity contribution in [3.05, 3.63) is 16.1 Å². The van der Waals surface area contributed by atoms with Crippen LogP contribution >= 0.6 is 11.3 Å². The molecule has 1 aromatic rings. The van der Waals surface area contributed by atoms with E-state index >= 15 is 0 Å². The SMILES string of the molecule is CCO[C@@H](C)c1nc(CC(=O)N2CC[C@H](N)C2)cs1. The third-order valence-corrected chi connectivity index (χ3v) is 4.30. The lowest BCUT2D eigenvalue weighted by Gasteiger charge is -2.14. The Bertz CT molecular complexity index is 435. The molecule has 106 valence electrons. The van der Waals surface area contributed by atoms with Crippen LogP contribution in [-0.4, -0.2) is 41.5 Å². The first-order valence-electron chi connectivity index (χ1n) is 6.69. The second-order valence-corrected chi connectivity index (χ2v) is 5.73. The van der Waals surface area contributed by atoms with Crippen LogP contribution in [0.1, 0.15) is 37.1 Å². The quantitative estimate of drug-likeness (QED) is 0.885. The summed E-state index contributed by atoms with van der Waals surface area (Å²) in [5.41, 5.74) is 6.64. The monoisotopic (exact) mass is 283 g/mol. The molecule has 0 radical (unpaired) electrons. The van der Waals surface area contributed by atoms with Gasteiger partial charge in [0.05, 0.1) is 12.1 Å². The zero-order valence-electron chi connectivity index (χ0n) is 11.5. The van der Waals surface area contributed by atoms with Crippen molar-refractivity contribution < 1.29 is 9.53 Å². The first kappa shape index (κ1) is 14.4. The van der Waals surface area contributed by atoms with E-state index in [-0.39, 0.29) is 18.1 Å². The second kappa shape index (κ2) is 6.45. The van der Waals surface area contributed by atoms with E-state index in [9.17, 15) is 4.79 Å². The number of thiazole rings is 1. The van der Waals surface area contributed by atoms with Crippen LogP contribution in [0.4, 0.5) is 0 Å². The van der Waals surface area contributed by atoms with Crippen molar-refractivity contribution in [3.63, 3.8) is 0 Å². The summed E-state index contributed by atoms with van der Waals surface area (Å²) in [5, 5.41) is 2.88. The van der Waals surface area contributed by atoms with Gasteiger partial charge in [0.2, 0.25) is 5.91 Å². The molecule has 0 aromatic carbocycles. The molecule has 19 heavy (non-hydrogen) atoms. The van der Waals surface area contributed by atoms with Crippen LogP contribution in [0.3, 0.4) is 0 Å². The van der Waals surface area contributed by atoms with Crippen LogP contribution in [0.2, 0.25) is 0 Å². The van der Waals surface area contributed by atoms with Crippen LogP contribution in [0, 0.1) is 0 Å². The Morgan fingerprint density at radius 2 is 2.53 bits per heavy atom. The molecule has 0 spiro atoms. The first-order chi connectivity index (χ1) is 9.10. The minimum atomic E-state index is -0.000869. The molecule has 5 nitrogen and oxygen atoms in total. The summed E-state index contributed by atoms with van der Waals surface area (Å²) < 4.78 is 5.50. The van der Waals surface area contributed by atoms with Crippen LogP contribution in [0.25, 0.3) is 0 Å². The molecule has 0 aliphatic carbocycles. The first-order valence-corrected chi connectivity index (χ1v) is 7.57. The van der Waals surface area contributed by atoms with Crippen molar-refractivity contribution in [3.8, 4) is 0 Å². The van der Waals surface area contributed by atoms with Gasteiger partial charge in [-0.25, -0.2) is 4.98 Å². The van der Waals surface area contributed by atoms with E-state index in [1.54, 1.807) is 11.3 Å². The van der Waals surface area contributed by atoms with Gasteiger partial charge in [0, 0.05) is 31.1 Å². The van der Waals surface area contributed by atoms with Crippen LogP contribution in [0.15, 0.2) is 5.38 Å². The summed E-state index contributed by atoms with van der Waals surface area (Å²) in [6.45, 7) is 6.05. The van der Waals surface area contributed by atoms with E-state index in [4.69, 9.17) is 10.5 Å². The molecule has 2 heterocycles. The molecule has 6 heteroatoms. The molecule has 1 fully saturated rings. The molecule has 0 bridgehead atoms. The number of nitrogens with two attached hydrogens (primary N) is 1. The summed E-state index contributed by atoms with van der Waals surface area (Å²) in [7, 11) is 0. The lowest BCUT2D eigenvalue weighted by atomic mass is 10.3. The number of aromatic nitrogens is 1. The van der Waals surface area contributed by atoms with E-state index in [0.29, 0.717) is 19.6 Å².